The summed E-state index contributed by atoms with van der Waals surface area (Å²) in [5, 5.41) is 9.15. The SMILES string of the molecule is N#Cc1ccccc1S(=O)(=O)N1CCN(C(=O)Cc2ccccc2)CC1. The second-order valence-corrected chi connectivity index (χ2v) is 7.96. The number of piperazine rings is 1. The van der Waals surface area contributed by atoms with Crippen LogP contribution in [0.4, 0.5) is 0 Å². The maximum Gasteiger partial charge on any atom is 0.244 e. The van der Waals surface area contributed by atoms with Gasteiger partial charge in [-0.1, -0.05) is 42.5 Å². The van der Waals surface area contributed by atoms with Crippen LogP contribution < -0.4 is 0 Å². The van der Waals surface area contributed by atoms with Crippen molar-refractivity contribution < 1.29 is 13.2 Å². The van der Waals surface area contributed by atoms with E-state index in [2.05, 4.69) is 0 Å². The Kier molecular flexibility index (Phi) is 5.35. The fraction of sp³-hybridized carbons (Fsp3) is 0.263. The average molecular weight is 369 g/mol. The van der Waals surface area contributed by atoms with E-state index in [0.29, 0.717) is 19.5 Å². The van der Waals surface area contributed by atoms with Crippen molar-refractivity contribution in [2.24, 2.45) is 0 Å². The number of sulfonamides is 1. The summed E-state index contributed by atoms with van der Waals surface area (Å²) in [5.41, 5.74) is 1.07. The number of nitrogens with zero attached hydrogens (tertiary/aromatic N) is 3. The van der Waals surface area contributed by atoms with E-state index < -0.39 is 10.0 Å². The predicted octanol–water partition coefficient (Wildman–Crippen LogP) is 1.63. The Labute approximate surface area is 153 Å². The summed E-state index contributed by atoms with van der Waals surface area (Å²) >= 11 is 0. The summed E-state index contributed by atoms with van der Waals surface area (Å²) in [4.78, 5) is 14.1. The molecule has 0 saturated carbocycles. The van der Waals surface area contributed by atoms with E-state index in [1.807, 2.05) is 36.4 Å². The molecule has 0 unspecified atom stereocenters. The number of nitriles is 1. The molecule has 0 aromatic heterocycles. The van der Waals surface area contributed by atoms with Gasteiger partial charge >= 0.3 is 0 Å². The zero-order valence-electron chi connectivity index (χ0n) is 14.2. The lowest BCUT2D eigenvalue weighted by Crippen LogP contribution is -2.50. The fourth-order valence-corrected chi connectivity index (χ4v) is 4.55. The minimum Gasteiger partial charge on any atom is -0.340 e. The number of carbonyl (C=O) groups is 1. The summed E-state index contributed by atoms with van der Waals surface area (Å²) in [5.74, 6) is -0.00864. The molecule has 0 spiro atoms. The normalized spacial score (nSPS) is 15.4. The molecule has 2 aromatic rings. The monoisotopic (exact) mass is 369 g/mol. The molecule has 1 heterocycles. The third kappa shape index (κ3) is 3.77. The van der Waals surface area contributed by atoms with Crippen molar-refractivity contribution in [1.29, 1.82) is 5.26 Å². The van der Waals surface area contributed by atoms with Crippen LogP contribution in [-0.4, -0.2) is 49.7 Å². The lowest BCUT2D eigenvalue weighted by atomic mass is 10.1. The minimum absolute atomic E-state index is 0.00864. The topological polar surface area (TPSA) is 81.5 Å². The van der Waals surface area contributed by atoms with E-state index in [0.717, 1.165) is 5.56 Å². The lowest BCUT2D eigenvalue weighted by molar-refractivity contribution is -0.131. The number of hydrogen-bond acceptors (Lipinski definition) is 4. The second kappa shape index (κ2) is 7.68. The average Bonchev–Trinajstić information content (AvgIpc) is 2.68. The van der Waals surface area contributed by atoms with Gasteiger partial charge in [0.25, 0.3) is 0 Å². The maximum atomic E-state index is 12.8. The molecule has 0 atom stereocenters. The van der Waals surface area contributed by atoms with Crippen LogP contribution in [0, 0.1) is 11.3 Å². The standard InChI is InChI=1S/C19H19N3O3S/c20-15-17-8-4-5-9-18(17)26(24,25)22-12-10-21(11-13-22)19(23)14-16-6-2-1-3-7-16/h1-9H,10-14H2. The Hall–Kier alpha value is -2.69. The molecule has 134 valence electrons. The highest BCUT2D eigenvalue weighted by atomic mass is 32.2. The quantitative estimate of drug-likeness (QED) is 0.820. The van der Waals surface area contributed by atoms with Gasteiger partial charge < -0.3 is 4.90 Å². The predicted molar refractivity (Wildman–Crippen MR) is 96.6 cm³/mol. The van der Waals surface area contributed by atoms with Gasteiger partial charge in [-0.05, 0) is 17.7 Å². The molecule has 1 saturated heterocycles. The number of rotatable bonds is 4. The van der Waals surface area contributed by atoms with E-state index in [1.54, 1.807) is 17.0 Å². The van der Waals surface area contributed by atoms with Crippen LogP contribution in [-0.2, 0) is 21.2 Å². The summed E-state index contributed by atoms with van der Waals surface area (Å²) < 4.78 is 27.0. The maximum absolute atomic E-state index is 12.8. The molecule has 0 N–H and O–H groups in total. The molecule has 0 aliphatic carbocycles. The molecule has 1 aliphatic heterocycles. The largest absolute Gasteiger partial charge is 0.340 e. The van der Waals surface area contributed by atoms with Crippen molar-refractivity contribution in [2.45, 2.75) is 11.3 Å². The molecule has 26 heavy (non-hydrogen) atoms. The molecule has 1 amide bonds. The highest BCUT2D eigenvalue weighted by Crippen LogP contribution is 2.21. The first kappa shape index (κ1) is 18.1. The summed E-state index contributed by atoms with van der Waals surface area (Å²) in [6.07, 6.45) is 0.310. The van der Waals surface area contributed by atoms with E-state index in [9.17, 15) is 13.2 Å². The van der Waals surface area contributed by atoms with Crippen LogP contribution in [0.3, 0.4) is 0 Å². The third-order valence-electron chi connectivity index (χ3n) is 4.41. The number of carbonyl (C=O) groups excluding carboxylic acids is 1. The highest BCUT2D eigenvalue weighted by molar-refractivity contribution is 7.89. The Morgan fingerprint density at radius 1 is 0.962 bits per heavy atom. The second-order valence-electron chi connectivity index (χ2n) is 6.06. The van der Waals surface area contributed by atoms with Gasteiger partial charge in [0.2, 0.25) is 15.9 Å². The Bertz CT molecular complexity index is 928. The van der Waals surface area contributed by atoms with Crippen LogP contribution in [0.15, 0.2) is 59.5 Å². The van der Waals surface area contributed by atoms with E-state index in [1.165, 1.54) is 16.4 Å². The molecular formula is C19H19N3O3S. The van der Waals surface area contributed by atoms with Gasteiger partial charge in [0.15, 0.2) is 0 Å². The molecule has 1 fully saturated rings. The van der Waals surface area contributed by atoms with Gasteiger partial charge in [0, 0.05) is 26.2 Å². The zero-order chi connectivity index (χ0) is 18.6. The number of hydrogen-bond donors (Lipinski definition) is 0. The van der Waals surface area contributed by atoms with Crippen LogP contribution in [0.2, 0.25) is 0 Å². The van der Waals surface area contributed by atoms with Crippen LogP contribution >= 0.6 is 0 Å². The Balaban J connectivity index is 1.66. The molecular weight excluding hydrogens is 350 g/mol. The zero-order valence-corrected chi connectivity index (χ0v) is 15.0. The molecule has 2 aromatic carbocycles. The Morgan fingerprint density at radius 2 is 1.58 bits per heavy atom. The van der Waals surface area contributed by atoms with Gasteiger partial charge in [0.1, 0.15) is 6.07 Å². The first-order valence-electron chi connectivity index (χ1n) is 8.33. The molecule has 0 radical (unpaired) electrons. The van der Waals surface area contributed by atoms with Gasteiger partial charge in [-0.3, -0.25) is 4.79 Å². The van der Waals surface area contributed by atoms with Crippen molar-refractivity contribution in [3.63, 3.8) is 0 Å². The summed E-state index contributed by atoms with van der Waals surface area (Å²) in [6.45, 7) is 1.14. The Morgan fingerprint density at radius 3 is 2.23 bits per heavy atom. The number of benzene rings is 2. The van der Waals surface area contributed by atoms with Gasteiger partial charge in [0.05, 0.1) is 16.9 Å². The fourth-order valence-electron chi connectivity index (χ4n) is 2.98. The third-order valence-corrected chi connectivity index (χ3v) is 6.37. The van der Waals surface area contributed by atoms with Crippen molar-refractivity contribution >= 4 is 15.9 Å². The lowest BCUT2D eigenvalue weighted by Gasteiger charge is -2.34. The summed E-state index contributed by atoms with van der Waals surface area (Å²) in [6, 6.07) is 17.6. The van der Waals surface area contributed by atoms with Crippen molar-refractivity contribution in [1.82, 2.24) is 9.21 Å². The van der Waals surface area contributed by atoms with Crippen molar-refractivity contribution in [3.8, 4) is 6.07 Å². The van der Waals surface area contributed by atoms with Crippen molar-refractivity contribution in [2.75, 3.05) is 26.2 Å². The smallest absolute Gasteiger partial charge is 0.244 e. The van der Waals surface area contributed by atoms with Crippen LogP contribution in [0.1, 0.15) is 11.1 Å². The molecule has 6 nitrogen and oxygen atoms in total. The molecule has 0 bridgehead atoms. The van der Waals surface area contributed by atoms with E-state index in [-0.39, 0.29) is 29.5 Å². The van der Waals surface area contributed by atoms with E-state index >= 15 is 0 Å². The van der Waals surface area contributed by atoms with Crippen LogP contribution in [0.5, 0.6) is 0 Å². The summed E-state index contributed by atoms with van der Waals surface area (Å²) in [7, 11) is -3.74. The van der Waals surface area contributed by atoms with Crippen LogP contribution in [0.25, 0.3) is 0 Å². The first-order chi connectivity index (χ1) is 12.5. The number of amides is 1. The molecule has 7 heteroatoms. The van der Waals surface area contributed by atoms with Gasteiger partial charge in [-0.25, -0.2) is 8.42 Å². The molecule has 3 rings (SSSR count). The van der Waals surface area contributed by atoms with Crippen molar-refractivity contribution in [3.05, 3.63) is 65.7 Å². The first-order valence-corrected chi connectivity index (χ1v) is 9.77. The highest BCUT2D eigenvalue weighted by Gasteiger charge is 2.31. The molecule has 1 aliphatic rings. The minimum atomic E-state index is -3.74. The van der Waals surface area contributed by atoms with Gasteiger partial charge in [-0.2, -0.15) is 9.57 Å². The van der Waals surface area contributed by atoms with Gasteiger partial charge in [-0.15, -0.1) is 0 Å². The van der Waals surface area contributed by atoms with E-state index in [4.69, 9.17) is 5.26 Å².